The van der Waals surface area contributed by atoms with Crippen molar-refractivity contribution in [1.82, 2.24) is 19.4 Å². The molecule has 0 radical (unpaired) electrons. The molecule has 0 unspecified atom stereocenters. The molecule has 164 valence electrons. The second-order valence-corrected chi connectivity index (χ2v) is 9.51. The summed E-state index contributed by atoms with van der Waals surface area (Å²) in [6, 6.07) is 14.3. The van der Waals surface area contributed by atoms with Crippen molar-refractivity contribution in [3.8, 4) is 5.69 Å². The van der Waals surface area contributed by atoms with Gasteiger partial charge in [-0.15, -0.1) is 11.3 Å². The van der Waals surface area contributed by atoms with Crippen LogP contribution >= 0.6 is 34.7 Å². The highest BCUT2D eigenvalue weighted by atomic mass is 35.5. The molecule has 4 rings (SSSR count). The number of fused-ring (bicyclic) bond motifs is 1. The molecule has 0 aliphatic carbocycles. The topological polar surface area (TPSA) is 86.0 Å². The predicted molar refractivity (Wildman–Crippen MR) is 129 cm³/mol. The lowest BCUT2D eigenvalue weighted by atomic mass is 10.2. The quantitative estimate of drug-likeness (QED) is 0.421. The first-order chi connectivity index (χ1) is 15.4. The number of halogens is 1. The van der Waals surface area contributed by atoms with Crippen LogP contribution in [0.25, 0.3) is 16.0 Å². The largest absolute Gasteiger partial charge is 0.350 e. The van der Waals surface area contributed by atoms with Gasteiger partial charge in [0, 0.05) is 11.6 Å². The van der Waals surface area contributed by atoms with E-state index >= 15 is 0 Å². The molecule has 2 heterocycles. The Kier molecular flexibility index (Phi) is 6.50. The number of nitrogens with one attached hydrogen (secondary N) is 1. The molecule has 7 nitrogen and oxygen atoms in total. The zero-order valence-corrected chi connectivity index (χ0v) is 19.7. The lowest BCUT2D eigenvalue weighted by molar-refractivity contribution is -0.121. The number of thiazole rings is 1. The Hall–Kier alpha value is -2.88. The molecule has 1 N–H and O–H groups in total. The van der Waals surface area contributed by atoms with Crippen LogP contribution < -0.4 is 16.6 Å². The molecule has 0 fully saturated rings. The highest BCUT2D eigenvalue weighted by molar-refractivity contribution is 8.00. The maximum atomic E-state index is 13.3. The average Bonchev–Trinajstić information content (AvgIpc) is 3.22. The van der Waals surface area contributed by atoms with Gasteiger partial charge in [0.15, 0.2) is 9.99 Å². The van der Waals surface area contributed by atoms with E-state index in [0.717, 1.165) is 15.7 Å². The molecule has 2 aromatic carbocycles. The molecule has 1 amide bonds. The molecule has 0 bridgehead atoms. The molecular formula is C22H19ClN4O3S2. The smallest absolute Gasteiger partial charge is 0.337 e. The minimum atomic E-state index is -0.614. The average molecular weight is 487 g/mol. The first kappa shape index (κ1) is 22.3. The third-order valence-electron chi connectivity index (χ3n) is 4.87. The second-order valence-electron chi connectivity index (χ2n) is 7.05. The highest BCUT2D eigenvalue weighted by Gasteiger charge is 2.20. The molecule has 32 heavy (non-hydrogen) atoms. The van der Waals surface area contributed by atoms with E-state index < -0.39 is 11.2 Å². The third-order valence-corrected chi connectivity index (χ3v) is 7.25. The van der Waals surface area contributed by atoms with Crippen LogP contribution in [0.5, 0.6) is 0 Å². The molecule has 2 aromatic heterocycles. The highest BCUT2D eigenvalue weighted by Crippen LogP contribution is 2.25. The van der Waals surface area contributed by atoms with Crippen molar-refractivity contribution in [2.24, 2.45) is 0 Å². The standard InChI is InChI=1S/C22H19ClN4O3S2/c1-13-7-9-15(10-8-13)27-20(29)18-19(25-21(31-2)32-18)26(22(27)30)12-17(28)24-11-14-5-3-4-6-16(14)23/h3-10H,11-12H2,1-2H3,(H,24,28). The molecular weight excluding hydrogens is 468 g/mol. The lowest BCUT2D eigenvalue weighted by Crippen LogP contribution is -2.41. The van der Waals surface area contributed by atoms with Gasteiger partial charge < -0.3 is 5.32 Å². The molecule has 0 atom stereocenters. The first-order valence-electron chi connectivity index (χ1n) is 9.66. The van der Waals surface area contributed by atoms with Gasteiger partial charge in [-0.05, 0) is 36.9 Å². The molecule has 10 heteroatoms. The summed E-state index contributed by atoms with van der Waals surface area (Å²) in [7, 11) is 0. The van der Waals surface area contributed by atoms with E-state index in [2.05, 4.69) is 10.3 Å². The monoisotopic (exact) mass is 486 g/mol. The van der Waals surface area contributed by atoms with Crippen molar-refractivity contribution in [3.63, 3.8) is 0 Å². The number of amides is 1. The van der Waals surface area contributed by atoms with Crippen molar-refractivity contribution in [1.29, 1.82) is 0 Å². The number of hydrogen-bond acceptors (Lipinski definition) is 6. The van der Waals surface area contributed by atoms with Crippen LogP contribution in [0.1, 0.15) is 11.1 Å². The van der Waals surface area contributed by atoms with Crippen molar-refractivity contribution in [2.45, 2.75) is 24.4 Å². The Morgan fingerprint density at radius 3 is 2.56 bits per heavy atom. The number of nitrogens with zero attached hydrogens (tertiary/aromatic N) is 3. The molecule has 0 saturated carbocycles. The third kappa shape index (κ3) is 4.36. The summed E-state index contributed by atoms with van der Waals surface area (Å²) in [5, 5.41) is 3.33. The van der Waals surface area contributed by atoms with Crippen LogP contribution in [0.2, 0.25) is 5.02 Å². The van der Waals surface area contributed by atoms with Gasteiger partial charge in [-0.25, -0.2) is 14.3 Å². The number of hydrogen-bond donors (Lipinski definition) is 1. The number of benzene rings is 2. The van der Waals surface area contributed by atoms with Crippen molar-refractivity contribution < 1.29 is 4.79 Å². The van der Waals surface area contributed by atoms with Crippen LogP contribution in [0.15, 0.2) is 62.5 Å². The lowest BCUT2D eigenvalue weighted by Gasteiger charge is -2.12. The van der Waals surface area contributed by atoms with Gasteiger partial charge in [0.05, 0.1) is 5.69 Å². The number of thioether (sulfide) groups is 1. The molecule has 0 saturated heterocycles. The maximum absolute atomic E-state index is 13.3. The number of carbonyl (C=O) groups is 1. The summed E-state index contributed by atoms with van der Waals surface area (Å²) < 4.78 is 3.30. The normalized spacial score (nSPS) is 11.1. The SMILES string of the molecule is CSc1nc2c(s1)c(=O)n(-c1ccc(C)cc1)c(=O)n2CC(=O)NCc1ccccc1Cl. The van der Waals surface area contributed by atoms with Gasteiger partial charge in [0.1, 0.15) is 11.2 Å². The summed E-state index contributed by atoms with van der Waals surface area (Å²) in [5.74, 6) is -0.388. The first-order valence-corrected chi connectivity index (χ1v) is 12.1. The van der Waals surface area contributed by atoms with Crippen molar-refractivity contribution in [2.75, 3.05) is 6.26 Å². The van der Waals surface area contributed by atoms with Crippen LogP contribution in [0, 0.1) is 6.92 Å². The van der Waals surface area contributed by atoms with E-state index in [9.17, 15) is 14.4 Å². The molecule has 0 aliphatic rings. The van der Waals surface area contributed by atoms with E-state index in [1.54, 1.807) is 18.2 Å². The van der Waals surface area contributed by atoms with Crippen LogP contribution in [-0.2, 0) is 17.9 Å². The summed E-state index contributed by atoms with van der Waals surface area (Å²) in [6.07, 6.45) is 1.84. The Morgan fingerprint density at radius 1 is 1.16 bits per heavy atom. The zero-order valence-electron chi connectivity index (χ0n) is 17.3. The minimum absolute atomic E-state index is 0.214. The molecule has 4 aromatic rings. The fourth-order valence-electron chi connectivity index (χ4n) is 3.20. The fraction of sp³-hybridized carbons (Fsp3) is 0.182. The molecule has 0 spiro atoms. The van der Waals surface area contributed by atoms with E-state index in [-0.39, 0.29) is 24.6 Å². The fourth-order valence-corrected chi connectivity index (χ4v) is 4.90. The minimum Gasteiger partial charge on any atom is -0.350 e. The van der Waals surface area contributed by atoms with Gasteiger partial charge in [-0.3, -0.25) is 14.2 Å². The maximum Gasteiger partial charge on any atom is 0.337 e. The van der Waals surface area contributed by atoms with Gasteiger partial charge >= 0.3 is 5.69 Å². The van der Waals surface area contributed by atoms with E-state index in [1.165, 1.54) is 27.7 Å². The Labute approximate surface area is 196 Å². The van der Waals surface area contributed by atoms with Crippen molar-refractivity contribution in [3.05, 3.63) is 85.5 Å². The van der Waals surface area contributed by atoms with Crippen LogP contribution in [0.4, 0.5) is 0 Å². The summed E-state index contributed by atoms with van der Waals surface area (Å²) in [6.45, 7) is 1.87. The van der Waals surface area contributed by atoms with Gasteiger partial charge in [0.2, 0.25) is 5.91 Å². The van der Waals surface area contributed by atoms with Gasteiger partial charge in [-0.2, -0.15) is 0 Å². The van der Waals surface area contributed by atoms with E-state index in [1.807, 2.05) is 43.5 Å². The number of aryl methyl sites for hydroxylation is 1. The number of aromatic nitrogens is 3. The van der Waals surface area contributed by atoms with Gasteiger partial charge in [-0.1, -0.05) is 59.3 Å². The Morgan fingerprint density at radius 2 is 1.88 bits per heavy atom. The van der Waals surface area contributed by atoms with E-state index in [0.29, 0.717) is 19.7 Å². The van der Waals surface area contributed by atoms with E-state index in [4.69, 9.17) is 11.6 Å². The molecule has 0 aliphatic heterocycles. The van der Waals surface area contributed by atoms with Crippen LogP contribution in [-0.4, -0.2) is 26.3 Å². The van der Waals surface area contributed by atoms with Crippen LogP contribution in [0.3, 0.4) is 0 Å². The summed E-state index contributed by atoms with van der Waals surface area (Å²) >= 11 is 8.74. The Bertz CT molecular complexity index is 1420. The number of carbonyl (C=O) groups excluding carboxylic acids is 1. The Balaban J connectivity index is 1.76. The number of rotatable bonds is 6. The second kappa shape index (κ2) is 9.32. The predicted octanol–water partition coefficient (Wildman–Crippen LogP) is 3.61. The zero-order chi connectivity index (χ0) is 22.8. The van der Waals surface area contributed by atoms with Gasteiger partial charge in [0.25, 0.3) is 5.56 Å². The van der Waals surface area contributed by atoms with Crippen molar-refractivity contribution >= 4 is 51.0 Å². The summed E-state index contributed by atoms with van der Waals surface area (Å²) in [5.41, 5.74) is 1.37. The summed E-state index contributed by atoms with van der Waals surface area (Å²) in [4.78, 5) is 43.6.